The normalized spacial score (nSPS) is 10.9. The average Bonchev–Trinajstić information content (AvgIpc) is 2.68. The van der Waals surface area contributed by atoms with Crippen LogP contribution in [0.2, 0.25) is 0 Å². The third-order valence-corrected chi connectivity index (χ3v) is 2.95. The molecule has 0 radical (unpaired) electrons. The molecule has 0 saturated heterocycles. The van der Waals surface area contributed by atoms with Crippen LogP contribution in [0, 0.1) is 6.92 Å². The third-order valence-electron chi connectivity index (χ3n) is 2.95. The zero-order valence-corrected chi connectivity index (χ0v) is 9.67. The van der Waals surface area contributed by atoms with E-state index in [1.165, 1.54) is 16.6 Å². The number of hydrogen-bond donors (Lipinski definition) is 0. The van der Waals surface area contributed by atoms with E-state index < -0.39 is 0 Å². The van der Waals surface area contributed by atoms with E-state index in [0.29, 0.717) is 0 Å². The van der Waals surface area contributed by atoms with Gasteiger partial charge in [0.15, 0.2) is 0 Å². The summed E-state index contributed by atoms with van der Waals surface area (Å²) in [7, 11) is 0. The minimum absolute atomic E-state index is 0.771. The van der Waals surface area contributed by atoms with Crippen LogP contribution in [0.25, 0.3) is 10.9 Å². The Morgan fingerprint density at radius 1 is 1.18 bits per heavy atom. The van der Waals surface area contributed by atoms with E-state index in [1.54, 1.807) is 12.4 Å². The van der Waals surface area contributed by atoms with Crippen LogP contribution in [0.3, 0.4) is 0 Å². The molecule has 0 atom stereocenters. The summed E-state index contributed by atoms with van der Waals surface area (Å²) >= 11 is 0. The Balaban J connectivity index is 2.08. The molecule has 0 spiro atoms. The van der Waals surface area contributed by atoms with Crippen molar-refractivity contribution in [1.82, 2.24) is 14.5 Å². The van der Waals surface area contributed by atoms with Crippen molar-refractivity contribution in [2.75, 3.05) is 0 Å². The van der Waals surface area contributed by atoms with Crippen molar-refractivity contribution in [3.63, 3.8) is 0 Å². The number of benzene rings is 1. The molecule has 0 N–H and O–H groups in total. The van der Waals surface area contributed by atoms with Crippen LogP contribution in [0.5, 0.6) is 0 Å². The lowest BCUT2D eigenvalue weighted by Gasteiger charge is -2.07. The summed E-state index contributed by atoms with van der Waals surface area (Å²) in [6.45, 7) is 2.89. The molecule has 0 aliphatic heterocycles. The summed E-state index contributed by atoms with van der Waals surface area (Å²) in [6.07, 6.45) is 5.24. The molecule has 17 heavy (non-hydrogen) atoms. The fourth-order valence-electron chi connectivity index (χ4n) is 2.13. The van der Waals surface area contributed by atoms with E-state index in [9.17, 15) is 0 Å². The zero-order valence-electron chi connectivity index (χ0n) is 9.67. The predicted octanol–water partition coefficient (Wildman–Crippen LogP) is 2.79. The molecule has 0 amide bonds. The van der Waals surface area contributed by atoms with E-state index in [0.717, 1.165) is 12.2 Å². The first kappa shape index (κ1) is 10.0. The molecule has 0 saturated carbocycles. The second-order valence-corrected chi connectivity index (χ2v) is 4.13. The van der Waals surface area contributed by atoms with Gasteiger partial charge in [0, 0.05) is 23.6 Å². The maximum atomic E-state index is 4.32. The highest BCUT2D eigenvalue weighted by atomic mass is 15.0. The maximum absolute atomic E-state index is 4.32. The van der Waals surface area contributed by atoms with Gasteiger partial charge in [0.25, 0.3) is 0 Å². The lowest BCUT2D eigenvalue weighted by atomic mass is 10.2. The minimum Gasteiger partial charge on any atom is -0.339 e. The molecule has 3 rings (SSSR count). The largest absolute Gasteiger partial charge is 0.339 e. The molecule has 3 nitrogen and oxygen atoms in total. The first-order valence-electron chi connectivity index (χ1n) is 5.64. The number of nitrogens with zero attached hydrogens (tertiary/aromatic N) is 3. The molecule has 0 bridgehead atoms. The van der Waals surface area contributed by atoms with Gasteiger partial charge in [0.1, 0.15) is 0 Å². The molecule has 3 heteroatoms. The number of fused-ring (bicyclic) bond motifs is 1. The van der Waals surface area contributed by atoms with Gasteiger partial charge in [-0.05, 0) is 24.4 Å². The molecular formula is C14H13N3. The van der Waals surface area contributed by atoms with Gasteiger partial charge in [-0.25, -0.2) is 0 Å². The molecule has 84 valence electrons. The summed E-state index contributed by atoms with van der Waals surface area (Å²) in [5.74, 6) is 0. The Bertz CT molecular complexity index is 641. The van der Waals surface area contributed by atoms with Crippen LogP contribution < -0.4 is 0 Å². The summed E-state index contributed by atoms with van der Waals surface area (Å²) in [6, 6.07) is 10.6. The molecule has 0 aliphatic carbocycles. The summed E-state index contributed by atoms with van der Waals surface area (Å²) in [5, 5.41) is 1.27. The van der Waals surface area contributed by atoms with Crippen molar-refractivity contribution >= 4 is 10.9 Å². The molecule has 3 aromatic rings. The Morgan fingerprint density at radius 3 is 2.88 bits per heavy atom. The Morgan fingerprint density at radius 2 is 2.06 bits per heavy atom. The zero-order chi connectivity index (χ0) is 11.7. The van der Waals surface area contributed by atoms with Gasteiger partial charge >= 0.3 is 0 Å². The lowest BCUT2D eigenvalue weighted by Crippen LogP contribution is -2.03. The number of hydrogen-bond acceptors (Lipinski definition) is 2. The fraction of sp³-hybridized carbons (Fsp3) is 0.143. The highest BCUT2D eigenvalue weighted by Gasteiger charge is 2.05. The standard InChI is InChI=1S/C14H13N3/c1-11-8-12-4-2-3-5-14(12)17(11)10-13-9-15-6-7-16-13/h2-9H,10H2,1H3. The van der Waals surface area contributed by atoms with Crippen LogP contribution >= 0.6 is 0 Å². The van der Waals surface area contributed by atoms with Crippen molar-refractivity contribution < 1.29 is 0 Å². The third kappa shape index (κ3) is 1.80. The Kier molecular flexibility index (Phi) is 2.37. The smallest absolute Gasteiger partial charge is 0.0784 e. The molecular weight excluding hydrogens is 210 g/mol. The van der Waals surface area contributed by atoms with Crippen molar-refractivity contribution in [3.05, 3.63) is 60.3 Å². The number of rotatable bonds is 2. The molecule has 1 aromatic carbocycles. The summed E-state index contributed by atoms with van der Waals surface area (Å²) in [4.78, 5) is 8.42. The number of aryl methyl sites for hydroxylation is 1. The van der Waals surface area contributed by atoms with Gasteiger partial charge in [-0.3, -0.25) is 9.97 Å². The Hall–Kier alpha value is -2.16. The minimum atomic E-state index is 0.771. The second-order valence-electron chi connectivity index (χ2n) is 4.13. The molecule has 0 aliphatic rings. The van der Waals surface area contributed by atoms with Crippen molar-refractivity contribution in [2.24, 2.45) is 0 Å². The van der Waals surface area contributed by atoms with Gasteiger partial charge < -0.3 is 4.57 Å². The van der Waals surface area contributed by atoms with Gasteiger partial charge in [-0.15, -0.1) is 0 Å². The van der Waals surface area contributed by atoms with E-state index in [1.807, 2.05) is 6.20 Å². The first-order valence-corrected chi connectivity index (χ1v) is 5.64. The summed E-state index contributed by atoms with van der Waals surface area (Å²) < 4.78 is 2.26. The Labute approximate surface area is 99.8 Å². The van der Waals surface area contributed by atoms with Crippen LogP contribution in [-0.4, -0.2) is 14.5 Å². The molecule has 0 unspecified atom stereocenters. The average molecular weight is 223 g/mol. The van der Waals surface area contributed by atoms with Gasteiger partial charge in [0.2, 0.25) is 0 Å². The fourth-order valence-corrected chi connectivity index (χ4v) is 2.13. The molecule has 2 heterocycles. The van der Waals surface area contributed by atoms with Gasteiger partial charge in [-0.2, -0.15) is 0 Å². The maximum Gasteiger partial charge on any atom is 0.0784 e. The molecule has 0 fully saturated rings. The molecule has 2 aromatic heterocycles. The van der Waals surface area contributed by atoms with Crippen LogP contribution in [0.4, 0.5) is 0 Å². The SMILES string of the molecule is Cc1cc2ccccc2n1Cc1cnccn1. The van der Waals surface area contributed by atoms with E-state index in [2.05, 4.69) is 51.8 Å². The van der Waals surface area contributed by atoms with Gasteiger partial charge in [-0.1, -0.05) is 18.2 Å². The monoisotopic (exact) mass is 223 g/mol. The van der Waals surface area contributed by atoms with E-state index in [4.69, 9.17) is 0 Å². The van der Waals surface area contributed by atoms with E-state index in [-0.39, 0.29) is 0 Å². The van der Waals surface area contributed by atoms with Crippen LogP contribution in [0.15, 0.2) is 48.9 Å². The van der Waals surface area contributed by atoms with Crippen molar-refractivity contribution in [2.45, 2.75) is 13.5 Å². The number of para-hydroxylation sites is 1. The second kappa shape index (κ2) is 4.01. The van der Waals surface area contributed by atoms with E-state index >= 15 is 0 Å². The highest BCUT2D eigenvalue weighted by Crippen LogP contribution is 2.19. The van der Waals surface area contributed by atoms with Crippen molar-refractivity contribution in [3.8, 4) is 0 Å². The topological polar surface area (TPSA) is 30.7 Å². The first-order chi connectivity index (χ1) is 8.34. The van der Waals surface area contributed by atoms with Gasteiger partial charge in [0.05, 0.1) is 18.4 Å². The lowest BCUT2D eigenvalue weighted by molar-refractivity contribution is 0.774. The van der Waals surface area contributed by atoms with Crippen molar-refractivity contribution in [1.29, 1.82) is 0 Å². The highest BCUT2D eigenvalue weighted by molar-refractivity contribution is 5.81. The van der Waals surface area contributed by atoms with Crippen LogP contribution in [-0.2, 0) is 6.54 Å². The summed E-state index contributed by atoms with van der Waals surface area (Å²) in [5.41, 5.74) is 3.48. The quantitative estimate of drug-likeness (QED) is 0.668. The number of aromatic nitrogens is 3. The van der Waals surface area contributed by atoms with Crippen LogP contribution in [0.1, 0.15) is 11.4 Å². The predicted molar refractivity (Wildman–Crippen MR) is 67.8 cm³/mol.